The highest BCUT2D eigenvalue weighted by atomic mass is 35.5. The van der Waals surface area contributed by atoms with Crippen LogP contribution in [-0.2, 0) is 19.4 Å². The molecule has 0 saturated carbocycles. The Labute approximate surface area is 158 Å². The third-order valence-electron chi connectivity index (χ3n) is 4.59. The molecule has 0 radical (unpaired) electrons. The van der Waals surface area contributed by atoms with Crippen molar-refractivity contribution in [2.24, 2.45) is 0 Å². The molecule has 1 N–H and O–H groups in total. The lowest BCUT2D eigenvalue weighted by atomic mass is 10.0. The number of halogens is 1. The van der Waals surface area contributed by atoms with E-state index in [1.54, 1.807) is 6.20 Å². The van der Waals surface area contributed by atoms with Crippen LogP contribution in [0.25, 0.3) is 0 Å². The highest BCUT2D eigenvalue weighted by molar-refractivity contribution is 6.30. The van der Waals surface area contributed by atoms with E-state index in [0.717, 1.165) is 43.3 Å². The molecule has 0 amide bonds. The second-order valence-electron chi connectivity index (χ2n) is 6.39. The fourth-order valence-electron chi connectivity index (χ4n) is 3.17. The molecular weight excluding hydrogens is 346 g/mol. The van der Waals surface area contributed by atoms with Crippen molar-refractivity contribution in [1.29, 1.82) is 0 Å². The fourth-order valence-corrected chi connectivity index (χ4v) is 3.29. The fraction of sp³-hybridized carbons (Fsp3) is 0.250. The van der Waals surface area contributed by atoms with E-state index in [1.807, 2.05) is 24.3 Å². The van der Waals surface area contributed by atoms with Crippen molar-refractivity contribution in [3.8, 4) is 0 Å². The van der Waals surface area contributed by atoms with Crippen LogP contribution in [0.2, 0.25) is 5.02 Å². The van der Waals surface area contributed by atoms with Crippen molar-refractivity contribution in [3.63, 3.8) is 0 Å². The van der Waals surface area contributed by atoms with Crippen LogP contribution in [0, 0.1) is 0 Å². The number of hydrogen-bond acceptors (Lipinski definition) is 5. The van der Waals surface area contributed by atoms with Crippen molar-refractivity contribution in [1.82, 2.24) is 15.2 Å². The highest BCUT2D eigenvalue weighted by Crippen LogP contribution is 2.22. The van der Waals surface area contributed by atoms with Crippen LogP contribution in [0.15, 0.2) is 54.7 Å². The average molecular weight is 366 g/mol. The molecule has 0 bridgehead atoms. The molecule has 2 aromatic carbocycles. The third-order valence-corrected chi connectivity index (χ3v) is 4.85. The third kappa shape index (κ3) is 3.94. The van der Waals surface area contributed by atoms with Crippen molar-refractivity contribution < 1.29 is 0 Å². The van der Waals surface area contributed by atoms with Gasteiger partial charge < -0.3 is 10.2 Å². The zero-order valence-corrected chi connectivity index (χ0v) is 15.2. The first-order valence-electron chi connectivity index (χ1n) is 8.78. The van der Waals surface area contributed by atoms with Crippen molar-refractivity contribution in [3.05, 3.63) is 76.4 Å². The van der Waals surface area contributed by atoms with Gasteiger partial charge in [0, 0.05) is 24.7 Å². The predicted molar refractivity (Wildman–Crippen MR) is 105 cm³/mol. The maximum absolute atomic E-state index is 5.92. The lowest BCUT2D eigenvalue weighted by molar-refractivity contribution is 0.697. The minimum atomic E-state index is 0.677. The van der Waals surface area contributed by atoms with Gasteiger partial charge in [0.1, 0.15) is 0 Å². The van der Waals surface area contributed by atoms with Crippen LogP contribution in [0.1, 0.15) is 16.7 Å². The number of nitrogens with one attached hydrogen (secondary N) is 1. The maximum Gasteiger partial charge on any atom is 0.247 e. The molecule has 2 heterocycles. The Kier molecular flexibility index (Phi) is 4.97. The van der Waals surface area contributed by atoms with Gasteiger partial charge in [-0.3, -0.25) is 0 Å². The molecular formula is C20H20ClN5. The van der Waals surface area contributed by atoms with Gasteiger partial charge in [0.05, 0.1) is 6.20 Å². The summed E-state index contributed by atoms with van der Waals surface area (Å²) in [5, 5.41) is 12.4. The molecule has 5 nitrogen and oxygen atoms in total. The van der Waals surface area contributed by atoms with E-state index in [-0.39, 0.29) is 0 Å². The van der Waals surface area contributed by atoms with Gasteiger partial charge in [-0.25, -0.2) is 0 Å². The Morgan fingerprint density at radius 1 is 1.04 bits per heavy atom. The van der Waals surface area contributed by atoms with E-state index >= 15 is 0 Å². The summed E-state index contributed by atoms with van der Waals surface area (Å²) in [6.07, 6.45) is 3.57. The smallest absolute Gasteiger partial charge is 0.247 e. The zero-order valence-electron chi connectivity index (χ0n) is 14.4. The Balaban J connectivity index is 1.38. The molecule has 4 rings (SSSR count). The quantitative estimate of drug-likeness (QED) is 0.746. The van der Waals surface area contributed by atoms with E-state index in [4.69, 9.17) is 11.6 Å². The standard InChI is InChI=1S/C20H20ClN5/c21-18-7-5-15(6-8-18)9-11-22-19-13-23-25-20(24-19)26-12-10-16-3-1-2-4-17(16)14-26/h1-8,13H,9-12,14H2,(H,22,24,25). The first-order valence-corrected chi connectivity index (χ1v) is 9.15. The monoisotopic (exact) mass is 365 g/mol. The molecule has 1 aliphatic heterocycles. The van der Waals surface area contributed by atoms with Gasteiger partial charge in [0.2, 0.25) is 5.95 Å². The lowest BCUT2D eigenvalue weighted by Gasteiger charge is -2.28. The van der Waals surface area contributed by atoms with Gasteiger partial charge in [-0.15, -0.1) is 5.10 Å². The molecule has 1 aromatic heterocycles. The number of aromatic nitrogens is 3. The highest BCUT2D eigenvalue weighted by Gasteiger charge is 2.18. The summed E-state index contributed by atoms with van der Waals surface area (Å²) in [4.78, 5) is 6.82. The molecule has 1 aliphatic rings. The summed E-state index contributed by atoms with van der Waals surface area (Å²) in [5.74, 6) is 1.43. The summed E-state index contributed by atoms with van der Waals surface area (Å²) >= 11 is 5.92. The van der Waals surface area contributed by atoms with Gasteiger partial charge in [-0.1, -0.05) is 48.0 Å². The molecule has 0 aliphatic carbocycles. The summed E-state index contributed by atoms with van der Waals surface area (Å²) in [6, 6.07) is 16.4. The van der Waals surface area contributed by atoms with E-state index in [9.17, 15) is 0 Å². The molecule has 0 saturated heterocycles. The molecule has 0 unspecified atom stereocenters. The SMILES string of the molecule is Clc1ccc(CCNc2cnnc(N3CCc4ccccc4C3)n2)cc1. The number of anilines is 2. The minimum absolute atomic E-state index is 0.677. The summed E-state index contributed by atoms with van der Waals surface area (Å²) in [7, 11) is 0. The molecule has 0 atom stereocenters. The van der Waals surface area contributed by atoms with Crippen LogP contribution < -0.4 is 10.2 Å². The Morgan fingerprint density at radius 2 is 1.85 bits per heavy atom. The second-order valence-corrected chi connectivity index (χ2v) is 6.82. The van der Waals surface area contributed by atoms with Crippen molar-refractivity contribution in [2.75, 3.05) is 23.3 Å². The van der Waals surface area contributed by atoms with E-state index < -0.39 is 0 Å². The van der Waals surface area contributed by atoms with E-state index in [0.29, 0.717) is 5.95 Å². The molecule has 3 aromatic rings. The van der Waals surface area contributed by atoms with Crippen LogP contribution in [0.3, 0.4) is 0 Å². The minimum Gasteiger partial charge on any atom is -0.368 e. The summed E-state index contributed by atoms with van der Waals surface area (Å²) in [6.45, 7) is 2.52. The van der Waals surface area contributed by atoms with E-state index in [1.165, 1.54) is 16.7 Å². The van der Waals surface area contributed by atoms with Crippen LogP contribution in [-0.4, -0.2) is 28.3 Å². The van der Waals surface area contributed by atoms with Gasteiger partial charge in [-0.2, -0.15) is 10.1 Å². The first kappa shape index (κ1) is 16.8. The number of fused-ring (bicyclic) bond motifs is 1. The van der Waals surface area contributed by atoms with Gasteiger partial charge >= 0.3 is 0 Å². The topological polar surface area (TPSA) is 53.9 Å². The second kappa shape index (κ2) is 7.70. The Morgan fingerprint density at radius 3 is 2.69 bits per heavy atom. The number of benzene rings is 2. The zero-order chi connectivity index (χ0) is 17.8. The van der Waals surface area contributed by atoms with Crippen LogP contribution in [0.5, 0.6) is 0 Å². The van der Waals surface area contributed by atoms with Gasteiger partial charge in [-0.05, 0) is 41.7 Å². The van der Waals surface area contributed by atoms with Gasteiger partial charge in [0.25, 0.3) is 0 Å². The summed E-state index contributed by atoms with van der Waals surface area (Å²) < 4.78 is 0. The lowest BCUT2D eigenvalue weighted by Crippen LogP contribution is -2.32. The molecule has 26 heavy (non-hydrogen) atoms. The largest absolute Gasteiger partial charge is 0.368 e. The Hall–Kier alpha value is -2.66. The van der Waals surface area contributed by atoms with Crippen LogP contribution >= 0.6 is 11.6 Å². The number of hydrogen-bond donors (Lipinski definition) is 1. The number of nitrogens with zero attached hydrogens (tertiary/aromatic N) is 4. The molecule has 6 heteroatoms. The van der Waals surface area contributed by atoms with Crippen LogP contribution in [0.4, 0.5) is 11.8 Å². The summed E-state index contributed by atoms with van der Waals surface area (Å²) in [5.41, 5.74) is 3.98. The van der Waals surface area contributed by atoms with Crippen molar-refractivity contribution >= 4 is 23.4 Å². The molecule has 0 spiro atoms. The predicted octanol–water partition coefficient (Wildman–Crippen LogP) is 3.74. The van der Waals surface area contributed by atoms with Crippen molar-refractivity contribution in [2.45, 2.75) is 19.4 Å². The van der Waals surface area contributed by atoms with Gasteiger partial charge in [0.15, 0.2) is 5.82 Å². The maximum atomic E-state index is 5.92. The molecule has 0 fully saturated rings. The first-order chi connectivity index (χ1) is 12.8. The molecule has 132 valence electrons. The Bertz CT molecular complexity index is 881. The number of rotatable bonds is 5. The average Bonchev–Trinajstić information content (AvgIpc) is 2.69. The van der Waals surface area contributed by atoms with E-state index in [2.05, 4.69) is 49.7 Å². The normalized spacial score (nSPS) is 13.3.